The van der Waals surface area contributed by atoms with Gasteiger partial charge in [0.1, 0.15) is 0 Å². The molecule has 0 aromatic heterocycles. The van der Waals surface area contributed by atoms with E-state index >= 15 is 0 Å². The van der Waals surface area contributed by atoms with Gasteiger partial charge in [-0.2, -0.15) is 0 Å². The highest BCUT2D eigenvalue weighted by molar-refractivity contribution is 6.29. The predicted octanol–water partition coefficient (Wildman–Crippen LogP) is 7.94. The number of hydrogen-bond donors (Lipinski definition) is 0. The van der Waals surface area contributed by atoms with Crippen molar-refractivity contribution in [3.63, 3.8) is 0 Å². The molecule has 0 bridgehead atoms. The van der Waals surface area contributed by atoms with Crippen molar-refractivity contribution in [1.82, 2.24) is 0 Å². The summed E-state index contributed by atoms with van der Waals surface area (Å²) in [7, 11) is -1.09. The normalized spacial score (nSPS) is 13.3. The maximum Gasteiger partial charge on any atom is 0.162 e. The van der Waals surface area contributed by atoms with Crippen molar-refractivity contribution in [3.8, 4) is 0 Å². The summed E-state index contributed by atoms with van der Waals surface area (Å²) in [5.74, 6) is 0. The van der Waals surface area contributed by atoms with E-state index in [1.807, 2.05) is 0 Å². The molecule has 0 saturated carbocycles. The minimum Gasteiger partial charge on any atom is -0.417 e. The molecule has 2 unspecified atom stereocenters. The fourth-order valence-electron chi connectivity index (χ4n) is 5.13. The van der Waals surface area contributed by atoms with Gasteiger partial charge in [0.05, 0.1) is 12.2 Å². The molecule has 2 nitrogen and oxygen atoms in total. The van der Waals surface area contributed by atoms with E-state index < -0.39 is 19.5 Å². The fraction of sp³-hybridized carbons (Fsp3) is 0.314. The smallest absolute Gasteiger partial charge is 0.162 e. The Morgan fingerprint density at radius 3 is 1.18 bits per heavy atom. The van der Waals surface area contributed by atoms with Crippen LogP contribution in [0.2, 0.25) is 12.1 Å². The molecular weight excluding hydrogens is 509 g/mol. The van der Waals surface area contributed by atoms with Crippen LogP contribution in [0.15, 0.2) is 121 Å². The van der Waals surface area contributed by atoms with Gasteiger partial charge in [-0.05, 0) is 72.9 Å². The minimum absolute atomic E-state index is 0.238. The van der Waals surface area contributed by atoms with Gasteiger partial charge in [0, 0.05) is 0 Å². The lowest BCUT2D eigenvalue weighted by Gasteiger charge is -2.20. The molecular formula is C35H44O2Si2. The van der Waals surface area contributed by atoms with Gasteiger partial charge in [-0.1, -0.05) is 128 Å². The van der Waals surface area contributed by atoms with E-state index in [0.29, 0.717) is 0 Å². The van der Waals surface area contributed by atoms with E-state index in [1.165, 1.54) is 40.8 Å². The van der Waals surface area contributed by atoms with Crippen LogP contribution in [-0.4, -0.2) is 19.5 Å². The van der Waals surface area contributed by atoms with Crippen LogP contribution >= 0.6 is 0 Å². The highest BCUT2D eigenvalue weighted by Gasteiger charge is 2.13. The number of aryl methyl sites for hydroxylation is 2. The summed E-state index contributed by atoms with van der Waals surface area (Å²) < 4.78 is 13.1. The molecule has 2 atom stereocenters. The van der Waals surface area contributed by atoms with Crippen LogP contribution in [0.3, 0.4) is 0 Å². The molecule has 0 N–H and O–H groups in total. The summed E-state index contributed by atoms with van der Waals surface area (Å²) in [5.41, 5.74) is 5.50. The first kappa shape index (κ1) is 29.2. The molecule has 204 valence electrons. The second-order valence-corrected chi connectivity index (χ2v) is 13.3. The molecule has 39 heavy (non-hydrogen) atoms. The van der Waals surface area contributed by atoms with Gasteiger partial charge in [0.2, 0.25) is 0 Å². The van der Waals surface area contributed by atoms with E-state index in [2.05, 4.69) is 121 Å². The van der Waals surface area contributed by atoms with Crippen molar-refractivity contribution in [2.24, 2.45) is 0 Å². The molecule has 4 aromatic rings. The average molecular weight is 553 g/mol. The summed E-state index contributed by atoms with van der Waals surface area (Å²) >= 11 is 0. The van der Waals surface area contributed by atoms with E-state index in [0.717, 1.165) is 38.5 Å². The van der Waals surface area contributed by atoms with Gasteiger partial charge in [-0.15, -0.1) is 0 Å². The monoisotopic (exact) mass is 552 g/mol. The molecule has 4 rings (SSSR count). The maximum atomic E-state index is 6.57. The summed E-state index contributed by atoms with van der Waals surface area (Å²) in [4.78, 5) is 0. The standard InChI is InChI=1S/C35H44O2Si2/c1-5-16-30(17-6-1)20-13-26-34(32-22-9-3-10-23-32)36-38-28-15-29-39-37-35(33-24-11-4-12-25-33)27-14-21-31-18-7-2-8-19-31/h1-12,16-19,22-25,34-35H,13-15,20-21,26-29,38-39H2. The lowest BCUT2D eigenvalue weighted by molar-refractivity contribution is 0.199. The van der Waals surface area contributed by atoms with Crippen LogP contribution < -0.4 is 0 Å². The van der Waals surface area contributed by atoms with Crippen molar-refractivity contribution in [1.29, 1.82) is 0 Å². The van der Waals surface area contributed by atoms with Gasteiger partial charge in [0.25, 0.3) is 0 Å². The molecule has 4 heteroatoms. The highest BCUT2D eigenvalue weighted by atomic mass is 28.2. The van der Waals surface area contributed by atoms with E-state index in [-0.39, 0.29) is 12.2 Å². The summed E-state index contributed by atoms with van der Waals surface area (Å²) in [5, 5.41) is 0. The Morgan fingerprint density at radius 1 is 0.436 bits per heavy atom. The molecule has 4 aromatic carbocycles. The third-order valence-electron chi connectivity index (χ3n) is 7.32. The molecule has 0 aliphatic heterocycles. The lowest BCUT2D eigenvalue weighted by atomic mass is 10.0. The first-order chi connectivity index (χ1) is 19.4. The molecule has 0 aliphatic rings. The number of benzene rings is 4. The highest BCUT2D eigenvalue weighted by Crippen LogP contribution is 2.25. The Morgan fingerprint density at radius 2 is 0.795 bits per heavy atom. The molecule has 0 heterocycles. The van der Waals surface area contributed by atoms with E-state index in [1.54, 1.807) is 0 Å². The Kier molecular flexibility index (Phi) is 13.3. The minimum atomic E-state index is -0.545. The number of rotatable bonds is 18. The van der Waals surface area contributed by atoms with Crippen LogP contribution in [0.1, 0.15) is 66.6 Å². The summed E-state index contributed by atoms with van der Waals surface area (Å²) in [6, 6.07) is 45.7. The molecule has 0 amide bonds. The van der Waals surface area contributed by atoms with Crippen molar-refractivity contribution in [2.75, 3.05) is 0 Å². The first-order valence-electron chi connectivity index (χ1n) is 14.8. The third-order valence-corrected chi connectivity index (χ3v) is 10.2. The number of hydrogen-bond acceptors (Lipinski definition) is 2. The second-order valence-electron chi connectivity index (χ2n) is 10.4. The fourth-order valence-corrected chi connectivity index (χ4v) is 8.58. The van der Waals surface area contributed by atoms with Gasteiger partial charge >= 0.3 is 0 Å². The Balaban J connectivity index is 1.16. The topological polar surface area (TPSA) is 18.5 Å². The molecule has 0 spiro atoms. The van der Waals surface area contributed by atoms with Crippen molar-refractivity contribution in [3.05, 3.63) is 144 Å². The molecule has 0 aliphatic carbocycles. The SMILES string of the molecule is c1ccc(CCCC(O[SiH2]CCC[SiH2]OC(CCCc2ccccc2)c2ccccc2)c2ccccc2)cc1. The van der Waals surface area contributed by atoms with Gasteiger partial charge in [0.15, 0.2) is 19.5 Å². The maximum absolute atomic E-state index is 6.57. The van der Waals surface area contributed by atoms with E-state index in [4.69, 9.17) is 8.85 Å². The van der Waals surface area contributed by atoms with Gasteiger partial charge in [-0.3, -0.25) is 0 Å². The van der Waals surface area contributed by atoms with Crippen LogP contribution in [0.5, 0.6) is 0 Å². The van der Waals surface area contributed by atoms with Crippen LogP contribution in [0, 0.1) is 0 Å². The van der Waals surface area contributed by atoms with Crippen LogP contribution in [0.4, 0.5) is 0 Å². The van der Waals surface area contributed by atoms with Gasteiger partial charge < -0.3 is 8.85 Å². The zero-order valence-electron chi connectivity index (χ0n) is 23.3. The summed E-state index contributed by atoms with van der Waals surface area (Å²) in [6.07, 6.45) is 8.45. The Labute approximate surface area is 240 Å². The lowest BCUT2D eigenvalue weighted by Crippen LogP contribution is -2.10. The largest absolute Gasteiger partial charge is 0.417 e. The second kappa shape index (κ2) is 17.7. The predicted molar refractivity (Wildman–Crippen MR) is 171 cm³/mol. The quantitative estimate of drug-likeness (QED) is 0.0921. The van der Waals surface area contributed by atoms with Crippen molar-refractivity contribution in [2.45, 2.75) is 69.2 Å². The Bertz CT molecular complexity index is 1050. The van der Waals surface area contributed by atoms with Crippen molar-refractivity contribution < 1.29 is 8.85 Å². The molecule has 0 radical (unpaired) electrons. The third kappa shape index (κ3) is 11.1. The molecule has 0 saturated heterocycles. The summed E-state index contributed by atoms with van der Waals surface area (Å²) in [6.45, 7) is 0. The Hall–Kier alpha value is -2.77. The van der Waals surface area contributed by atoms with E-state index in [9.17, 15) is 0 Å². The zero-order chi connectivity index (χ0) is 26.8. The van der Waals surface area contributed by atoms with Crippen LogP contribution in [-0.2, 0) is 21.7 Å². The average Bonchev–Trinajstić information content (AvgIpc) is 3.00. The molecule has 0 fully saturated rings. The van der Waals surface area contributed by atoms with Crippen molar-refractivity contribution >= 4 is 19.5 Å². The first-order valence-corrected chi connectivity index (χ1v) is 17.9. The zero-order valence-corrected chi connectivity index (χ0v) is 26.1. The van der Waals surface area contributed by atoms with Gasteiger partial charge in [-0.25, -0.2) is 0 Å². The van der Waals surface area contributed by atoms with Crippen LogP contribution in [0.25, 0.3) is 0 Å².